The van der Waals surface area contributed by atoms with E-state index in [-0.39, 0.29) is 18.9 Å². The van der Waals surface area contributed by atoms with Crippen LogP contribution in [0.25, 0.3) is 10.8 Å². The summed E-state index contributed by atoms with van der Waals surface area (Å²) in [4.78, 5) is 23.8. The second kappa shape index (κ2) is 13.5. The number of rotatable bonds is 6. The van der Waals surface area contributed by atoms with Crippen molar-refractivity contribution >= 4 is 34.2 Å². The monoisotopic (exact) mass is 546 g/mol. The van der Waals surface area contributed by atoms with Crippen LogP contribution in [0.15, 0.2) is 121 Å². The number of nitrogens with one attached hydrogen (secondary N) is 4. The number of ether oxygens (including phenoxy) is 2. The molecular formula is C33H30N4O4. The molecule has 0 saturated carbocycles. The Bertz CT molecular complexity index is 1610. The standard InChI is InChI=1S/C18H16N2O.C15H14N2O3/c21-18(19-13-14-7-2-1-3-8-14)20-17-12-6-10-15-9-4-5-11-16(15)17;18-15(16-9-11-4-2-1-3-5-11)17-12-6-7-13-14(8-12)20-10-19-13/h1-12H,13H2,(H2,19,20,21);1-8H,9-10H2,(H2,16,17,18). The van der Waals surface area contributed by atoms with Gasteiger partial charge in [-0.2, -0.15) is 0 Å². The Labute approximate surface area is 238 Å². The van der Waals surface area contributed by atoms with Crippen molar-refractivity contribution < 1.29 is 19.1 Å². The summed E-state index contributed by atoms with van der Waals surface area (Å²) in [5.74, 6) is 1.34. The van der Waals surface area contributed by atoms with Gasteiger partial charge in [0, 0.05) is 30.2 Å². The first-order valence-electron chi connectivity index (χ1n) is 13.2. The van der Waals surface area contributed by atoms with Crippen LogP contribution in [-0.4, -0.2) is 18.9 Å². The number of carbonyl (C=O) groups excluding carboxylic acids is 2. The lowest BCUT2D eigenvalue weighted by atomic mass is 10.1. The van der Waals surface area contributed by atoms with Crippen molar-refractivity contribution in [3.8, 4) is 11.5 Å². The molecule has 4 amide bonds. The molecule has 1 aliphatic rings. The van der Waals surface area contributed by atoms with Gasteiger partial charge in [0.15, 0.2) is 11.5 Å². The maximum atomic E-state index is 12.0. The van der Waals surface area contributed by atoms with Crippen LogP contribution in [0.5, 0.6) is 11.5 Å². The Kier molecular flexibility index (Phi) is 8.93. The molecule has 0 fully saturated rings. The van der Waals surface area contributed by atoms with Crippen LogP contribution in [0.4, 0.5) is 21.0 Å². The first kappa shape index (κ1) is 27.1. The molecule has 0 unspecified atom stereocenters. The highest BCUT2D eigenvalue weighted by Crippen LogP contribution is 2.34. The van der Waals surface area contributed by atoms with Crippen molar-refractivity contribution in [1.29, 1.82) is 0 Å². The van der Waals surface area contributed by atoms with Gasteiger partial charge in [0.25, 0.3) is 0 Å². The summed E-state index contributed by atoms with van der Waals surface area (Å²) in [5.41, 5.74) is 3.61. The van der Waals surface area contributed by atoms with Crippen LogP contribution in [0.2, 0.25) is 0 Å². The molecule has 5 aromatic rings. The van der Waals surface area contributed by atoms with Crippen LogP contribution in [0.3, 0.4) is 0 Å². The van der Waals surface area contributed by atoms with Crippen LogP contribution < -0.4 is 30.7 Å². The topological polar surface area (TPSA) is 101 Å². The van der Waals surface area contributed by atoms with Crippen LogP contribution >= 0.6 is 0 Å². The van der Waals surface area contributed by atoms with E-state index >= 15 is 0 Å². The first-order chi connectivity index (χ1) is 20.1. The zero-order chi connectivity index (χ0) is 28.3. The van der Waals surface area contributed by atoms with E-state index in [1.165, 1.54) is 0 Å². The van der Waals surface area contributed by atoms with Gasteiger partial charge in [0.2, 0.25) is 6.79 Å². The molecule has 8 nitrogen and oxygen atoms in total. The fraction of sp³-hybridized carbons (Fsp3) is 0.0909. The van der Waals surface area contributed by atoms with Crippen LogP contribution in [0.1, 0.15) is 11.1 Å². The summed E-state index contributed by atoms with van der Waals surface area (Å²) in [6.07, 6.45) is 0. The maximum absolute atomic E-state index is 12.0. The SMILES string of the molecule is O=C(NCc1ccccc1)Nc1ccc2c(c1)OCO2.O=C(NCc1ccccc1)Nc1cccc2ccccc12. The minimum atomic E-state index is -0.257. The summed E-state index contributed by atoms with van der Waals surface area (Å²) in [6, 6.07) is 38.3. The molecule has 5 aromatic carbocycles. The fourth-order valence-corrected chi connectivity index (χ4v) is 4.21. The van der Waals surface area contributed by atoms with Gasteiger partial charge in [-0.25, -0.2) is 9.59 Å². The molecule has 206 valence electrons. The molecule has 0 atom stereocenters. The van der Waals surface area contributed by atoms with Crippen molar-refractivity contribution in [1.82, 2.24) is 10.6 Å². The fourth-order valence-electron chi connectivity index (χ4n) is 4.21. The lowest BCUT2D eigenvalue weighted by Gasteiger charge is -2.10. The average Bonchev–Trinajstić information content (AvgIpc) is 3.49. The molecule has 4 N–H and O–H groups in total. The first-order valence-corrected chi connectivity index (χ1v) is 13.2. The minimum Gasteiger partial charge on any atom is -0.454 e. The molecule has 1 aliphatic heterocycles. The number of hydrogen-bond donors (Lipinski definition) is 4. The summed E-state index contributed by atoms with van der Waals surface area (Å²) >= 11 is 0. The van der Waals surface area contributed by atoms with Crippen molar-refractivity contribution in [2.45, 2.75) is 13.1 Å². The Balaban J connectivity index is 0.000000165. The van der Waals surface area contributed by atoms with Gasteiger partial charge in [-0.15, -0.1) is 0 Å². The summed E-state index contributed by atoms with van der Waals surface area (Å²) in [5, 5.41) is 13.5. The van der Waals surface area contributed by atoms with E-state index in [9.17, 15) is 9.59 Å². The van der Waals surface area contributed by atoms with E-state index < -0.39 is 0 Å². The molecule has 1 heterocycles. The average molecular weight is 547 g/mol. The number of urea groups is 2. The molecule has 0 radical (unpaired) electrons. The number of anilines is 2. The number of fused-ring (bicyclic) bond motifs is 2. The highest BCUT2D eigenvalue weighted by atomic mass is 16.7. The third kappa shape index (κ3) is 7.77. The lowest BCUT2D eigenvalue weighted by molar-refractivity contribution is 0.174. The Morgan fingerprint density at radius 3 is 1.88 bits per heavy atom. The number of benzene rings is 5. The van der Waals surface area contributed by atoms with Crippen LogP contribution in [0, 0.1) is 0 Å². The van der Waals surface area contributed by atoms with E-state index in [1.807, 2.05) is 103 Å². The Morgan fingerprint density at radius 2 is 1.17 bits per heavy atom. The quantitative estimate of drug-likeness (QED) is 0.186. The van der Waals surface area contributed by atoms with Gasteiger partial charge in [-0.1, -0.05) is 97.1 Å². The molecule has 0 bridgehead atoms. The van der Waals surface area contributed by atoms with Gasteiger partial charge in [0.1, 0.15) is 0 Å². The Morgan fingerprint density at radius 1 is 0.585 bits per heavy atom. The predicted octanol–water partition coefficient (Wildman–Crippen LogP) is 6.90. The molecule has 0 aromatic heterocycles. The molecule has 41 heavy (non-hydrogen) atoms. The van der Waals surface area contributed by atoms with E-state index in [0.29, 0.717) is 30.3 Å². The highest BCUT2D eigenvalue weighted by molar-refractivity contribution is 6.01. The van der Waals surface area contributed by atoms with E-state index in [4.69, 9.17) is 9.47 Å². The van der Waals surface area contributed by atoms with E-state index in [0.717, 1.165) is 27.6 Å². The Hall–Kier alpha value is -5.50. The predicted molar refractivity (Wildman–Crippen MR) is 161 cm³/mol. The van der Waals surface area contributed by atoms with Gasteiger partial charge in [0.05, 0.1) is 5.69 Å². The third-order valence-corrected chi connectivity index (χ3v) is 6.26. The molecule has 0 spiro atoms. The molecule has 0 aliphatic carbocycles. The molecule has 8 heteroatoms. The van der Waals surface area contributed by atoms with Crippen molar-refractivity contribution in [3.05, 3.63) is 132 Å². The summed E-state index contributed by atoms with van der Waals surface area (Å²) < 4.78 is 10.5. The summed E-state index contributed by atoms with van der Waals surface area (Å²) in [6.45, 7) is 1.22. The van der Waals surface area contributed by atoms with Gasteiger partial charge >= 0.3 is 12.1 Å². The van der Waals surface area contributed by atoms with Crippen LogP contribution in [-0.2, 0) is 13.1 Å². The second-order valence-electron chi connectivity index (χ2n) is 9.18. The third-order valence-electron chi connectivity index (χ3n) is 6.26. The smallest absolute Gasteiger partial charge is 0.319 e. The largest absolute Gasteiger partial charge is 0.454 e. The normalized spacial score (nSPS) is 11.1. The number of amides is 4. The van der Waals surface area contributed by atoms with E-state index in [2.05, 4.69) is 21.3 Å². The lowest BCUT2D eigenvalue weighted by Crippen LogP contribution is -2.28. The van der Waals surface area contributed by atoms with E-state index in [1.54, 1.807) is 18.2 Å². The van der Waals surface area contributed by atoms with Gasteiger partial charge in [-0.05, 0) is 34.7 Å². The highest BCUT2D eigenvalue weighted by Gasteiger charge is 2.14. The molecular weight excluding hydrogens is 516 g/mol. The number of hydrogen-bond acceptors (Lipinski definition) is 4. The van der Waals surface area contributed by atoms with Gasteiger partial charge in [-0.3, -0.25) is 0 Å². The zero-order valence-electron chi connectivity index (χ0n) is 22.3. The molecule has 0 saturated heterocycles. The minimum absolute atomic E-state index is 0.199. The zero-order valence-corrected chi connectivity index (χ0v) is 22.3. The summed E-state index contributed by atoms with van der Waals surface area (Å²) in [7, 11) is 0. The van der Waals surface area contributed by atoms with Gasteiger partial charge < -0.3 is 30.7 Å². The maximum Gasteiger partial charge on any atom is 0.319 e. The van der Waals surface area contributed by atoms with Crippen molar-refractivity contribution in [2.24, 2.45) is 0 Å². The van der Waals surface area contributed by atoms with Crippen molar-refractivity contribution in [3.63, 3.8) is 0 Å². The molecule has 6 rings (SSSR count). The van der Waals surface area contributed by atoms with Crippen molar-refractivity contribution in [2.75, 3.05) is 17.4 Å². The second-order valence-corrected chi connectivity index (χ2v) is 9.18. The number of carbonyl (C=O) groups is 2.